The lowest BCUT2D eigenvalue weighted by atomic mass is 10.1. The number of amides is 5. The van der Waals surface area contributed by atoms with Crippen molar-refractivity contribution in [2.24, 2.45) is 17.2 Å². The fraction of sp³-hybridized carbons (Fsp3) is 0.632. The second-order valence-electron chi connectivity index (χ2n) is 7.52. The van der Waals surface area contributed by atoms with E-state index in [9.17, 15) is 38.7 Å². The molecule has 0 radical (unpaired) electrons. The lowest BCUT2D eigenvalue weighted by Gasteiger charge is -2.24. The van der Waals surface area contributed by atoms with Crippen molar-refractivity contribution in [3.8, 4) is 0 Å². The Bertz CT molecular complexity index is 810. The molecule has 0 saturated carbocycles. The second-order valence-corrected chi connectivity index (χ2v) is 8.50. The van der Waals surface area contributed by atoms with Crippen LogP contribution in [0.4, 0.5) is 0 Å². The fourth-order valence-corrected chi connectivity index (χ4v) is 3.17. The number of rotatable bonds is 18. The topological polar surface area (TPSA) is 274 Å². The minimum atomic E-state index is -1.74. The van der Waals surface area contributed by atoms with E-state index < -0.39 is 72.1 Å². The summed E-state index contributed by atoms with van der Waals surface area (Å²) in [5, 5.41) is 24.9. The number of hydrogen-bond acceptors (Lipinski definition) is 9. The molecule has 0 aromatic carbocycles. The van der Waals surface area contributed by atoms with Gasteiger partial charge in [-0.3, -0.25) is 28.8 Å². The first kappa shape index (κ1) is 31.6. The minimum absolute atomic E-state index is 0.264. The van der Waals surface area contributed by atoms with Gasteiger partial charge in [0.25, 0.3) is 0 Å². The Labute approximate surface area is 205 Å². The number of nitrogens with one attached hydrogen (secondary N) is 3. The summed E-state index contributed by atoms with van der Waals surface area (Å²) in [6, 6.07) is -5.67. The summed E-state index contributed by atoms with van der Waals surface area (Å²) in [6.07, 6.45) is -0.139. The van der Waals surface area contributed by atoms with Crippen LogP contribution in [0.5, 0.6) is 0 Å². The van der Waals surface area contributed by atoms with Crippen molar-refractivity contribution in [2.45, 2.75) is 62.7 Å². The number of carbonyl (C=O) groups is 7. The van der Waals surface area contributed by atoms with Gasteiger partial charge in [0.05, 0.1) is 12.5 Å². The molecule has 0 fully saturated rings. The van der Waals surface area contributed by atoms with Gasteiger partial charge in [-0.25, -0.2) is 4.79 Å². The van der Waals surface area contributed by atoms with Crippen molar-refractivity contribution >= 4 is 53.2 Å². The van der Waals surface area contributed by atoms with E-state index in [1.54, 1.807) is 0 Å². The zero-order valence-electron chi connectivity index (χ0n) is 19.2. The summed E-state index contributed by atoms with van der Waals surface area (Å²) >= 11 is 1.45. The Morgan fingerprint density at radius 1 is 0.743 bits per heavy atom. The van der Waals surface area contributed by atoms with Crippen LogP contribution in [-0.4, -0.2) is 87.9 Å². The maximum atomic E-state index is 12.8. The molecule has 0 aliphatic carbocycles. The number of aliphatic carboxylic acids is 2. The van der Waals surface area contributed by atoms with Gasteiger partial charge in [0, 0.05) is 12.8 Å². The molecule has 15 nitrogen and oxygen atoms in total. The number of thioether (sulfide) groups is 1. The standard InChI is InChI=1S/C19H32N6O9S/c1-35-7-6-9(20)16(30)23-10(2-4-13(21)26)17(31)25-12(8-15(28)29)18(32)24-11(19(33)34)3-5-14(22)27/h9-12H,2-8,20H2,1H3,(H2,21,26)(H2,22,27)(H,23,30)(H,24,32)(H,25,31)(H,28,29)(H,33,34). The van der Waals surface area contributed by atoms with Crippen molar-refractivity contribution in [1.82, 2.24) is 16.0 Å². The summed E-state index contributed by atoms with van der Waals surface area (Å²) in [6.45, 7) is 0. The maximum absolute atomic E-state index is 12.8. The third kappa shape index (κ3) is 13.8. The van der Waals surface area contributed by atoms with Crippen molar-refractivity contribution in [3.63, 3.8) is 0 Å². The van der Waals surface area contributed by atoms with E-state index in [-0.39, 0.29) is 25.7 Å². The van der Waals surface area contributed by atoms with E-state index in [1.165, 1.54) is 11.8 Å². The molecule has 35 heavy (non-hydrogen) atoms. The molecule has 0 aromatic rings. The summed E-state index contributed by atoms with van der Waals surface area (Å²) < 4.78 is 0. The molecule has 0 aliphatic rings. The normalized spacial score (nSPS) is 14.0. The van der Waals surface area contributed by atoms with Gasteiger partial charge in [0.1, 0.15) is 18.1 Å². The zero-order chi connectivity index (χ0) is 27.1. The van der Waals surface area contributed by atoms with E-state index in [1.807, 2.05) is 11.6 Å². The molecule has 0 rings (SSSR count). The Morgan fingerprint density at radius 2 is 1.20 bits per heavy atom. The Balaban J connectivity index is 5.55. The van der Waals surface area contributed by atoms with Crippen LogP contribution in [0.3, 0.4) is 0 Å². The van der Waals surface area contributed by atoms with Crippen LogP contribution in [0.25, 0.3) is 0 Å². The van der Waals surface area contributed by atoms with Gasteiger partial charge < -0.3 is 43.4 Å². The van der Waals surface area contributed by atoms with Crippen molar-refractivity contribution in [1.29, 1.82) is 0 Å². The Hall–Kier alpha value is -3.40. The van der Waals surface area contributed by atoms with E-state index in [2.05, 4.69) is 10.6 Å². The highest BCUT2D eigenvalue weighted by Gasteiger charge is 2.31. The molecule has 11 N–H and O–H groups in total. The summed E-state index contributed by atoms with van der Waals surface area (Å²) in [5.41, 5.74) is 15.9. The fourth-order valence-electron chi connectivity index (χ4n) is 2.68. The molecule has 198 valence electrons. The quantitative estimate of drug-likeness (QED) is 0.0882. The van der Waals surface area contributed by atoms with E-state index in [0.29, 0.717) is 12.2 Å². The van der Waals surface area contributed by atoms with Gasteiger partial charge in [-0.1, -0.05) is 0 Å². The molecular weight excluding hydrogens is 488 g/mol. The number of carbonyl (C=O) groups excluding carboxylic acids is 5. The lowest BCUT2D eigenvalue weighted by Crippen LogP contribution is -2.57. The largest absolute Gasteiger partial charge is 0.481 e. The first-order valence-corrected chi connectivity index (χ1v) is 11.8. The molecule has 0 aliphatic heterocycles. The Kier molecular flexibility index (Phi) is 14.7. The van der Waals surface area contributed by atoms with Crippen LogP contribution in [0.1, 0.15) is 38.5 Å². The van der Waals surface area contributed by atoms with Gasteiger partial charge in [0.2, 0.25) is 29.5 Å². The zero-order valence-corrected chi connectivity index (χ0v) is 20.0. The molecule has 4 unspecified atom stereocenters. The minimum Gasteiger partial charge on any atom is -0.481 e. The van der Waals surface area contributed by atoms with E-state index in [0.717, 1.165) is 0 Å². The first-order valence-electron chi connectivity index (χ1n) is 10.4. The number of primary amides is 2. The summed E-state index contributed by atoms with van der Waals surface area (Å²) in [5.74, 6) is -6.91. The van der Waals surface area contributed by atoms with Crippen LogP contribution in [0.2, 0.25) is 0 Å². The predicted octanol–water partition coefficient (Wildman–Crippen LogP) is -3.39. The van der Waals surface area contributed by atoms with Gasteiger partial charge in [0.15, 0.2) is 0 Å². The molecule has 0 heterocycles. The monoisotopic (exact) mass is 520 g/mol. The molecule has 4 atom stereocenters. The van der Waals surface area contributed by atoms with E-state index >= 15 is 0 Å². The molecule has 16 heteroatoms. The summed E-state index contributed by atoms with van der Waals surface area (Å²) in [4.78, 5) is 82.4. The second kappa shape index (κ2) is 16.3. The average molecular weight is 521 g/mol. The third-order valence-corrected chi connectivity index (χ3v) is 5.23. The maximum Gasteiger partial charge on any atom is 0.326 e. The van der Waals surface area contributed by atoms with Gasteiger partial charge in [-0.2, -0.15) is 11.8 Å². The number of carboxylic acid groups (broad SMARTS) is 2. The first-order chi connectivity index (χ1) is 16.3. The van der Waals surface area contributed by atoms with Gasteiger partial charge >= 0.3 is 11.9 Å². The van der Waals surface area contributed by atoms with Crippen LogP contribution in [0, 0.1) is 0 Å². The highest BCUT2D eigenvalue weighted by Crippen LogP contribution is 2.05. The predicted molar refractivity (Wildman–Crippen MR) is 124 cm³/mol. The molecule has 0 aromatic heterocycles. The van der Waals surface area contributed by atoms with Crippen LogP contribution in [0.15, 0.2) is 0 Å². The van der Waals surface area contributed by atoms with Crippen LogP contribution in [-0.2, 0) is 33.6 Å². The average Bonchev–Trinajstić information content (AvgIpc) is 2.75. The van der Waals surface area contributed by atoms with E-state index in [4.69, 9.17) is 22.3 Å². The van der Waals surface area contributed by atoms with Crippen molar-refractivity contribution < 1.29 is 43.8 Å². The molecule has 0 bridgehead atoms. The lowest BCUT2D eigenvalue weighted by molar-refractivity contribution is -0.143. The SMILES string of the molecule is CSCCC(N)C(=O)NC(CCC(N)=O)C(=O)NC(CC(=O)O)C(=O)NC(CCC(N)=O)C(=O)O. The molecular formula is C19H32N6O9S. The number of nitrogens with two attached hydrogens (primary N) is 3. The number of hydrogen-bond donors (Lipinski definition) is 8. The molecule has 5 amide bonds. The van der Waals surface area contributed by atoms with Crippen molar-refractivity contribution in [2.75, 3.05) is 12.0 Å². The van der Waals surface area contributed by atoms with Crippen LogP contribution < -0.4 is 33.2 Å². The number of carboxylic acids is 2. The smallest absolute Gasteiger partial charge is 0.326 e. The Morgan fingerprint density at radius 3 is 1.66 bits per heavy atom. The molecule has 0 spiro atoms. The highest BCUT2D eigenvalue weighted by molar-refractivity contribution is 7.98. The highest BCUT2D eigenvalue weighted by atomic mass is 32.2. The summed E-state index contributed by atoms with van der Waals surface area (Å²) in [7, 11) is 0. The third-order valence-electron chi connectivity index (χ3n) is 4.59. The van der Waals surface area contributed by atoms with Gasteiger partial charge in [-0.15, -0.1) is 0 Å². The van der Waals surface area contributed by atoms with Crippen molar-refractivity contribution in [3.05, 3.63) is 0 Å². The van der Waals surface area contributed by atoms with Gasteiger partial charge in [-0.05, 0) is 31.3 Å². The molecule has 0 saturated heterocycles. The van der Waals surface area contributed by atoms with Crippen LogP contribution >= 0.6 is 11.8 Å².